The Morgan fingerprint density at radius 1 is 1.25 bits per heavy atom. The number of nitrogens with zero attached hydrogens (tertiary/aromatic N) is 2. The van der Waals surface area contributed by atoms with Crippen molar-refractivity contribution in [1.82, 2.24) is 4.98 Å². The van der Waals surface area contributed by atoms with E-state index in [1.807, 2.05) is 27.7 Å². The largest absolute Gasteiger partial charge is 0.496 e. The van der Waals surface area contributed by atoms with Crippen LogP contribution in [0.2, 0.25) is 0 Å². The third-order valence-corrected chi connectivity index (χ3v) is 3.80. The van der Waals surface area contributed by atoms with Crippen LogP contribution in [0.5, 0.6) is 0 Å². The Bertz CT molecular complexity index is 554. The van der Waals surface area contributed by atoms with E-state index in [1.165, 1.54) is 12.3 Å². The van der Waals surface area contributed by atoms with E-state index >= 15 is 0 Å². The van der Waals surface area contributed by atoms with Gasteiger partial charge in [0.15, 0.2) is 0 Å². The van der Waals surface area contributed by atoms with E-state index in [2.05, 4.69) is 4.98 Å². The van der Waals surface area contributed by atoms with E-state index in [0.29, 0.717) is 5.46 Å². The fourth-order valence-electron chi connectivity index (χ4n) is 1.87. The minimum Gasteiger partial charge on any atom is -0.399 e. The average molecular weight is 280 g/mol. The van der Waals surface area contributed by atoms with E-state index in [4.69, 9.17) is 14.6 Å². The summed E-state index contributed by atoms with van der Waals surface area (Å²) in [6, 6.07) is 2.88. The molecule has 7 heteroatoms. The van der Waals surface area contributed by atoms with Crippen LogP contribution in [0.25, 0.3) is 0 Å². The monoisotopic (exact) mass is 280 g/mol. The molecule has 106 valence electrons. The zero-order valence-corrected chi connectivity index (χ0v) is 11.8. The number of alkyl halides is 2. The molecule has 0 aromatic carbocycles. The highest BCUT2D eigenvalue weighted by Gasteiger charge is 2.52. The highest BCUT2D eigenvalue weighted by Crippen LogP contribution is 2.36. The van der Waals surface area contributed by atoms with E-state index in [-0.39, 0.29) is 5.69 Å². The van der Waals surface area contributed by atoms with Crippen molar-refractivity contribution >= 4 is 12.6 Å². The van der Waals surface area contributed by atoms with Gasteiger partial charge < -0.3 is 9.31 Å². The van der Waals surface area contributed by atoms with Gasteiger partial charge in [0.2, 0.25) is 0 Å². The highest BCUT2D eigenvalue weighted by molar-refractivity contribution is 6.62. The lowest BCUT2D eigenvalue weighted by Crippen LogP contribution is -2.41. The molecular formula is C13H15BF2N2O2. The van der Waals surface area contributed by atoms with Crippen LogP contribution >= 0.6 is 0 Å². The van der Waals surface area contributed by atoms with E-state index in [9.17, 15) is 8.78 Å². The highest BCUT2D eigenvalue weighted by atomic mass is 19.3. The number of halogens is 2. The first kappa shape index (κ1) is 14.9. The van der Waals surface area contributed by atoms with Gasteiger partial charge in [-0.25, -0.2) is 13.8 Å². The smallest absolute Gasteiger partial charge is 0.399 e. The number of rotatable bonds is 2. The molecule has 0 spiro atoms. The first-order valence-corrected chi connectivity index (χ1v) is 6.21. The van der Waals surface area contributed by atoms with Gasteiger partial charge in [-0.15, -0.1) is 0 Å². The number of pyridine rings is 1. The minimum absolute atomic E-state index is 0.278. The molecule has 1 aromatic heterocycles. The van der Waals surface area contributed by atoms with Gasteiger partial charge in [0.25, 0.3) is 6.43 Å². The molecule has 2 heterocycles. The lowest BCUT2D eigenvalue weighted by molar-refractivity contribution is 0.00578. The molecule has 0 atom stereocenters. The van der Waals surface area contributed by atoms with Crippen molar-refractivity contribution in [3.8, 4) is 6.07 Å². The molecule has 1 fully saturated rings. The van der Waals surface area contributed by atoms with Crippen molar-refractivity contribution in [3.63, 3.8) is 0 Å². The van der Waals surface area contributed by atoms with Crippen LogP contribution in [0, 0.1) is 11.3 Å². The van der Waals surface area contributed by atoms with Gasteiger partial charge in [-0.05, 0) is 33.8 Å². The van der Waals surface area contributed by atoms with Crippen LogP contribution in [0.1, 0.15) is 45.4 Å². The fourth-order valence-corrected chi connectivity index (χ4v) is 1.87. The maximum atomic E-state index is 12.9. The zero-order chi connectivity index (χ0) is 15.1. The van der Waals surface area contributed by atoms with E-state index in [0.717, 1.165) is 0 Å². The van der Waals surface area contributed by atoms with Crippen molar-refractivity contribution in [1.29, 1.82) is 5.26 Å². The summed E-state index contributed by atoms with van der Waals surface area (Å²) in [5.74, 6) is 0. The molecule has 1 aliphatic rings. The van der Waals surface area contributed by atoms with Crippen LogP contribution in [0.15, 0.2) is 12.3 Å². The van der Waals surface area contributed by atoms with Crippen LogP contribution < -0.4 is 5.46 Å². The van der Waals surface area contributed by atoms with Gasteiger partial charge in [-0.3, -0.25) is 0 Å². The molecule has 4 nitrogen and oxygen atoms in total. The summed E-state index contributed by atoms with van der Waals surface area (Å²) in [4.78, 5) is 3.76. The van der Waals surface area contributed by atoms with Crippen molar-refractivity contribution in [2.75, 3.05) is 0 Å². The summed E-state index contributed by atoms with van der Waals surface area (Å²) in [7, 11) is -0.766. The molecule has 0 radical (unpaired) electrons. The number of aromatic nitrogens is 1. The molecular weight excluding hydrogens is 265 g/mol. The zero-order valence-electron chi connectivity index (χ0n) is 11.8. The maximum absolute atomic E-state index is 12.9. The second kappa shape index (κ2) is 4.79. The predicted molar refractivity (Wildman–Crippen MR) is 69.6 cm³/mol. The Morgan fingerprint density at radius 2 is 1.80 bits per heavy atom. The van der Waals surface area contributed by atoms with Crippen LogP contribution in [0.4, 0.5) is 8.78 Å². The quantitative estimate of drug-likeness (QED) is 0.779. The Balaban J connectivity index is 2.37. The first-order chi connectivity index (χ1) is 9.18. The Hall–Kier alpha value is -1.52. The lowest BCUT2D eigenvalue weighted by atomic mass is 9.79. The molecule has 1 aliphatic heterocycles. The SMILES string of the molecule is CC1(C)OB(c2cnc(C#N)c(C(F)F)c2)OC1(C)C. The van der Waals surface area contributed by atoms with Crippen molar-refractivity contribution in [2.45, 2.75) is 45.3 Å². The van der Waals surface area contributed by atoms with Crippen LogP contribution in [0.3, 0.4) is 0 Å². The van der Waals surface area contributed by atoms with Gasteiger partial charge >= 0.3 is 7.12 Å². The predicted octanol–water partition coefficient (Wildman–Crippen LogP) is 2.19. The normalized spacial score (nSPS) is 20.2. The molecule has 0 bridgehead atoms. The topological polar surface area (TPSA) is 55.1 Å². The number of hydrogen-bond donors (Lipinski definition) is 0. The molecule has 0 N–H and O–H groups in total. The summed E-state index contributed by atoms with van der Waals surface area (Å²) < 4.78 is 37.4. The standard InChI is InChI=1S/C13H15BF2N2O2/c1-12(2)13(3,4)20-14(19-12)8-5-9(11(15)16)10(6-17)18-7-8/h5,7,11H,1-4H3. The Kier molecular flexibility index (Phi) is 3.57. The second-order valence-corrected chi connectivity index (χ2v) is 5.71. The molecule has 0 unspecified atom stereocenters. The van der Waals surface area contributed by atoms with Crippen LogP contribution in [-0.2, 0) is 9.31 Å². The maximum Gasteiger partial charge on any atom is 0.496 e. The van der Waals surface area contributed by atoms with E-state index < -0.39 is 30.3 Å². The molecule has 1 saturated heterocycles. The average Bonchev–Trinajstić information content (AvgIpc) is 2.57. The molecule has 2 rings (SSSR count). The van der Waals surface area contributed by atoms with Crippen molar-refractivity contribution < 1.29 is 18.1 Å². The first-order valence-electron chi connectivity index (χ1n) is 6.21. The molecule has 0 amide bonds. The molecule has 0 aliphatic carbocycles. The number of hydrogen-bond acceptors (Lipinski definition) is 4. The summed E-state index contributed by atoms with van der Waals surface area (Å²) in [5, 5.41) is 8.78. The molecule has 20 heavy (non-hydrogen) atoms. The molecule has 1 aromatic rings. The van der Waals surface area contributed by atoms with Gasteiger partial charge in [-0.1, -0.05) is 0 Å². The molecule has 0 saturated carbocycles. The van der Waals surface area contributed by atoms with Gasteiger partial charge in [0.05, 0.1) is 16.8 Å². The van der Waals surface area contributed by atoms with Crippen molar-refractivity contribution in [3.05, 3.63) is 23.5 Å². The fraction of sp³-hybridized carbons (Fsp3) is 0.538. The third-order valence-electron chi connectivity index (χ3n) is 3.80. The van der Waals surface area contributed by atoms with Gasteiger partial charge in [-0.2, -0.15) is 5.26 Å². The summed E-state index contributed by atoms with van der Waals surface area (Å²) in [6.07, 6.45) is -1.42. The lowest BCUT2D eigenvalue weighted by Gasteiger charge is -2.32. The second-order valence-electron chi connectivity index (χ2n) is 5.71. The summed E-state index contributed by atoms with van der Waals surface area (Å²) >= 11 is 0. The van der Waals surface area contributed by atoms with Gasteiger partial charge in [0.1, 0.15) is 11.8 Å². The summed E-state index contributed by atoms with van der Waals surface area (Å²) in [6.45, 7) is 7.49. The van der Waals surface area contributed by atoms with Crippen molar-refractivity contribution in [2.24, 2.45) is 0 Å². The van der Waals surface area contributed by atoms with Gasteiger partial charge in [0, 0.05) is 11.7 Å². The van der Waals surface area contributed by atoms with Crippen LogP contribution in [-0.4, -0.2) is 23.3 Å². The minimum atomic E-state index is -2.76. The summed E-state index contributed by atoms with van der Waals surface area (Å²) in [5.41, 5.74) is -1.41. The third kappa shape index (κ3) is 2.41. The van der Waals surface area contributed by atoms with E-state index in [1.54, 1.807) is 6.07 Å². The number of nitriles is 1. The Labute approximate surface area is 116 Å². The Morgan fingerprint density at radius 3 is 2.25 bits per heavy atom.